The number of carbonyl (C=O) groups excluding carboxylic acids is 3. The number of benzene rings is 1. The summed E-state index contributed by atoms with van der Waals surface area (Å²) in [6, 6.07) is 6.62. The van der Waals surface area contributed by atoms with Gasteiger partial charge in [0.1, 0.15) is 5.60 Å². The summed E-state index contributed by atoms with van der Waals surface area (Å²) in [4.78, 5) is 41.0. The first-order chi connectivity index (χ1) is 13.2. The predicted octanol–water partition coefficient (Wildman–Crippen LogP) is 4.10. The molecule has 0 N–H and O–H groups in total. The highest BCUT2D eigenvalue weighted by molar-refractivity contribution is 6.21. The molecule has 152 valence electrons. The van der Waals surface area contributed by atoms with Gasteiger partial charge in [-0.3, -0.25) is 14.5 Å². The van der Waals surface area contributed by atoms with Crippen molar-refractivity contribution in [2.75, 3.05) is 13.6 Å². The second kappa shape index (κ2) is 7.94. The first kappa shape index (κ1) is 20.4. The monoisotopic (exact) mass is 386 g/mol. The van der Waals surface area contributed by atoms with Crippen molar-refractivity contribution >= 4 is 17.9 Å². The number of likely N-dealkylation sites (N-methyl/N-ethyl adjacent to an activating group) is 1. The van der Waals surface area contributed by atoms with E-state index in [4.69, 9.17) is 4.74 Å². The zero-order valence-corrected chi connectivity index (χ0v) is 17.2. The largest absolute Gasteiger partial charge is 0.444 e. The zero-order valence-electron chi connectivity index (χ0n) is 17.2. The molecule has 1 saturated carbocycles. The van der Waals surface area contributed by atoms with Gasteiger partial charge in [0, 0.05) is 13.6 Å². The Kier molecular flexibility index (Phi) is 5.77. The standard InChI is InChI=1S/C22H30N2O4/c1-22(2,3)28-21(27)23(4)16(13-15-9-5-6-10-15)14-24-19(25)17-11-7-8-12-18(17)20(24)26/h7-8,11-12,15-16H,5-6,9-10,13-14H2,1-4H3. The summed E-state index contributed by atoms with van der Waals surface area (Å²) in [5.41, 5.74) is 0.276. The molecule has 3 rings (SSSR count). The van der Waals surface area contributed by atoms with Crippen LogP contribution in [0.25, 0.3) is 0 Å². The van der Waals surface area contributed by atoms with Crippen molar-refractivity contribution in [1.82, 2.24) is 9.80 Å². The number of fused-ring (bicyclic) bond motifs is 1. The fraction of sp³-hybridized carbons (Fsp3) is 0.591. The van der Waals surface area contributed by atoms with Crippen LogP contribution >= 0.6 is 0 Å². The Bertz CT molecular complexity index is 727. The maximum absolute atomic E-state index is 12.8. The van der Waals surface area contributed by atoms with Crippen LogP contribution in [0, 0.1) is 5.92 Å². The molecule has 1 fully saturated rings. The molecule has 0 spiro atoms. The van der Waals surface area contributed by atoms with Gasteiger partial charge in [0.05, 0.1) is 17.2 Å². The summed E-state index contributed by atoms with van der Waals surface area (Å²) in [6.45, 7) is 5.68. The Balaban J connectivity index is 1.78. The first-order valence-electron chi connectivity index (χ1n) is 10.1. The smallest absolute Gasteiger partial charge is 0.410 e. The zero-order chi connectivity index (χ0) is 20.5. The number of rotatable bonds is 5. The molecule has 1 unspecified atom stereocenters. The Labute approximate surface area is 166 Å². The minimum Gasteiger partial charge on any atom is -0.444 e. The molecule has 1 aromatic carbocycles. The van der Waals surface area contributed by atoms with Crippen LogP contribution in [0.3, 0.4) is 0 Å². The summed E-state index contributed by atoms with van der Waals surface area (Å²) in [7, 11) is 1.70. The van der Waals surface area contributed by atoms with E-state index in [0.29, 0.717) is 17.0 Å². The van der Waals surface area contributed by atoms with Gasteiger partial charge in [0.25, 0.3) is 11.8 Å². The minimum atomic E-state index is -0.598. The fourth-order valence-electron chi connectivity index (χ4n) is 4.08. The first-order valence-corrected chi connectivity index (χ1v) is 10.1. The van der Waals surface area contributed by atoms with E-state index < -0.39 is 11.7 Å². The van der Waals surface area contributed by atoms with Crippen molar-refractivity contribution in [3.8, 4) is 0 Å². The summed E-state index contributed by atoms with van der Waals surface area (Å²) < 4.78 is 5.52. The lowest BCUT2D eigenvalue weighted by Gasteiger charge is -2.34. The van der Waals surface area contributed by atoms with Crippen molar-refractivity contribution in [1.29, 1.82) is 0 Å². The molecule has 6 nitrogen and oxygen atoms in total. The van der Waals surface area contributed by atoms with Gasteiger partial charge in [-0.05, 0) is 45.2 Å². The lowest BCUT2D eigenvalue weighted by molar-refractivity contribution is 0.0157. The minimum absolute atomic E-state index is 0.193. The molecule has 1 aliphatic heterocycles. The fourth-order valence-corrected chi connectivity index (χ4v) is 4.08. The SMILES string of the molecule is CN(C(=O)OC(C)(C)C)C(CC1CCCC1)CN1C(=O)c2ccccc2C1=O. The molecule has 1 aliphatic carbocycles. The summed E-state index contributed by atoms with van der Waals surface area (Å²) >= 11 is 0. The molecule has 0 bridgehead atoms. The summed E-state index contributed by atoms with van der Waals surface area (Å²) in [5, 5.41) is 0. The van der Waals surface area contributed by atoms with E-state index in [-0.39, 0.29) is 24.4 Å². The van der Waals surface area contributed by atoms with Crippen LogP contribution in [-0.4, -0.2) is 52.9 Å². The van der Waals surface area contributed by atoms with Crippen molar-refractivity contribution in [3.05, 3.63) is 35.4 Å². The van der Waals surface area contributed by atoms with Crippen molar-refractivity contribution in [2.45, 2.75) is 64.5 Å². The molecule has 3 amide bonds. The van der Waals surface area contributed by atoms with Gasteiger partial charge in [-0.2, -0.15) is 0 Å². The van der Waals surface area contributed by atoms with Crippen molar-refractivity contribution in [3.63, 3.8) is 0 Å². The van der Waals surface area contributed by atoms with Crippen LogP contribution in [0.4, 0.5) is 4.79 Å². The summed E-state index contributed by atoms with van der Waals surface area (Å²) in [5.74, 6) is -0.0608. The Morgan fingerprint density at radius 2 is 1.68 bits per heavy atom. The maximum Gasteiger partial charge on any atom is 0.410 e. The molecule has 2 aliphatic rings. The van der Waals surface area contributed by atoms with Crippen molar-refractivity contribution in [2.24, 2.45) is 5.92 Å². The molecule has 28 heavy (non-hydrogen) atoms. The quantitative estimate of drug-likeness (QED) is 0.715. The van der Waals surface area contributed by atoms with Gasteiger partial charge >= 0.3 is 6.09 Å². The van der Waals surface area contributed by atoms with Gasteiger partial charge in [-0.15, -0.1) is 0 Å². The average molecular weight is 386 g/mol. The van der Waals surface area contributed by atoms with Gasteiger partial charge in [-0.1, -0.05) is 37.8 Å². The van der Waals surface area contributed by atoms with E-state index in [1.807, 2.05) is 20.8 Å². The highest BCUT2D eigenvalue weighted by Gasteiger charge is 2.39. The molecule has 1 heterocycles. The van der Waals surface area contributed by atoms with Crippen LogP contribution < -0.4 is 0 Å². The van der Waals surface area contributed by atoms with E-state index in [1.165, 1.54) is 17.7 Å². The molecule has 0 radical (unpaired) electrons. The van der Waals surface area contributed by atoms with Crippen LogP contribution in [-0.2, 0) is 4.74 Å². The predicted molar refractivity (Wildman–Crippen MR) is 106 cm³/mol. The lowest BCUT2D eigenvalue weighted by atomic mass is 9.97. The molecule has 1 atom stereocenters. The van der Waals surface area contributed by atoms with Gasteiger partial charge in [0.2, 0.25) is 0 Å². The highest BCUT2D eigenvalue weighted by Crippen LogP contribution is 2.31. The molecular weight excluding hydrogens is 356 g/mol. The highest BCUT2D eigenvalue weighted by atomic mass is 16.6. The Hall–Kier alpha value is -2.37. The van der Waals surface area contributed by atoms with Crippen molar-refractivity contribution < 1.29 is 19.1 Å². The molecule has 1 aromatic rings. The van der Waals surface area contributed by atoms with E-state index in [2.05, 4.69) is 0 Å². The number of nitrogens with zero attached hydrogens (tertiary/aromatic N) is 2. The van der Waals surface area contributed by atoms with Crippen LogP contribution in [0.1, 0.15) is 73.6 Å². The average Bonchev–Trinajstić information content (AvgIpc) is 3.22. The number of amides is 3. The van der Waals surface area contributed by atoms with E-state index in [9.17, 15) is 14.4 Å². The third-order valence-corrected chi connectivity index (χ3v) is 5.58. The van der Waals surface area contributed by atoms with E-state index in [1.54, 1.807) is 36.2 Å². The molecular formula is C22H30N2O4. The number of hydrogen-bond acceptors (Lipinski definition) is 4. The van der Waals surface area contributed by atoms with Gasteiger partial charge in [0.15, 0.2) is 0 Å². The number of hydrogen-bond donors (Lipinski definition) is 0. The van der Waals surface area contributed by atoms with Gasteiger partial charge < -0.3 is 9.64 Å². The third-order valence-electron chi connectivity index (χ3n) is 5.58. The second-order valence-electron chi connectivity index (χ2n) is 8.90. The molecule has 0 aromatic heterocycles. The Morgan fingerprint density at radius 3 is 2.18 bits per heavy atom. The van der Waals surface area contributed by atoms with Crippen LogP contribution in [0.2, 0.25) is 0 Å². The number of ether oxygens (including phenoxy) is 1. The lowest BCUT2D eigenvalue weighted by Crippen LogP contribution is -2.48. The van der Waals surface area contributed by atoms with Gasteiger partial charge in [-0.25, -0.2) is 4.79 Å². The number of imide groups is 1. The van der Waals surface area contributed by atoms with E-state index >= 15 is 0 Å². The topological polar surface area (TPSA) is 66.9 Å². The normalized spacial score (nSPS) is 18.4. The molecule has 0 saturated heterocycles. The Morgan fingerprint density at radius 1 is 1.14 bits per heavy atom. The maximum atomic E-state index is 12.8. The van der Waals surface area contributed by atoms with Crippen LogP contribution in [0.5, 0.6) is 0 Å². The second-order valence-corrected chi connectivity index (χ2v) is 8.90. The third kappa shape index (κ3) is 4.37. The molecule has 6 heteroatoms. The summed E-state index contributed by atoms with van der Waals surface area (Å²) in [6.07, 6.45) is 4.98. The number of carbonyl (C=O) groups is 3. The van der Waals surface area contributed by atoms with E-state index in [0.717, 1.165) is 19.3 Å². The van der Waals surface area contributed by atoms with Crippen LogP contribution in [0.15, 0.2) is 24.3 Å².